The second-order valence-corrected chi connectivity index (χ2v) is 5.08. The van der Waals surface area contributed by atoms with Crippen molar-refractivity contribution in [3.05, 3.63) is 76.9 Å². The van der Waals surface area contributed by atoms with E-state index in [0.29, 0.717) is 0 Å². The van der Waals surface area contributed by atoms with Crippen LogP contribution in [0.3, 0.4) is 0 Å². The van der Waals surface area contributed by atoms with Crippen LogP contribution in [0.4, 0.5) is 0 Å². The third-order valence-electron chi connectivity index (χ3n) is 3.33. The molecule has 0 heteroatoms. The predicted octanol–water partition coefficient (Wildman–Crippen LogP) is 4.87. The molecule has 0 aliphatic heterocycles. The molecule has 18 heavy (non-hydrogen) atoms. The third-order valence-corrected chi connectivity index (χ3v) is 3.33. The van der Waals surface area contributed by atoms with Gasteiger partial charge in [0.15, 0.2) is 0 Å². The second-order valence-electron chi connectivity index (χ2n) is 5.08. The molecule has 0 aliphatic rings. The van der Waals surface area contributed by atoms with Crippen LogP contribution in [0.2, 0.25) is 0 Å². The number of aryl methyl sites for hydroxylation is 3. The van der Waals surface area contributed by atoms with Crippen LogP contribution >= 0.6 is 0 Å². The fraction of sp³-hybridized carbons (Fsp3) is 0.222. The van der Waals surface area contributed by atoms with E-state index in [1.807, 2.05) is 0 Å². The van der Waals surface area contributed by atoms with E-state index < -0.39 is 0 Å². The first-order valence-electron chi connectivity index (χ1n) is 6.37. The molecule has 0 radical (unpaired) electrons. The fourth-order valence-corrected chi connectivity index (χ4v) is 2.19. The lowest BCUT2D eigenvalue weighted by Gasteiger charge is -2.10. The van der Waals surface area contributed by atoms with Gasteiger partial charge in [0, 0.05) is 0 Å². The van der Waals surface area contributed by atoms with E-state index >= 15 is 0 Å². The first kappa shape index (κ1) is 12.6. The number of allylic oxidation sites excluding steroid dienone is 1. The van der Waals surface area contributed by atoms with Gasteiger partial charge in [0.1, 0.15) is 0 Å². The number of benzene rings is 2. The van der Waals surface area contributed by atoms with Crippen molar-refractivity contribution >= 4 is 5.57 Å². The second kappa shape index (κ2) is 5.22. The summed E-state index contributed by atoms with van der Waals surface area (Å²) < 4.78 is 0. The van der Waals surface area contributed by atoms with E-state index in [9.17, 15) is 0 Å². The van der Waals surface area contributed by atoms with Crippen molar-refractivity contribution in [1.82, 2.24) is 0 Å². The molecule has 0 saturated heterocycles. The van der Waals surface area contributed by atoms with E-state index in [-0.39, 0.29) is 0 Å². The minimum atomic E-state index is 0.928. The Hall–Kier alpha value is -1.82. The zero-order valence-corrected chi connectivity index (χ0v) is 11.5. The molecule has 0 N–H and O–H groups in total. The van der Waals surface area contributed by atoms with Crippen molar-refractivity contribution in [1.29, 1.82) is 0 Å². The highest BCUT2D eigenvalue weighted by Gasteiger charge is 2.04. The Morgan fingerprint density at radius 3 is 2.39 bits per heavy atom. The quantitative estimate of drug-likeness (QED) is 0.713. The molecule has 0 spiro atoms. The highest BCUT2D eigenvalue weighted by molar-refractivity contribution is 5.66. The van der Waals surface area contributed by atoms with E-state index in [1.54, 1.807) is 0 Å². The van der Waals surface area contributed by atoms with Crippen molar-refractivity contribution in [3.8, 4) is 0 Å². The molecule has 0 aromatic heterocycles. The lowest BCUT2D eigenvalue weighted by Crippen LogP contribution is -1.94. The summed E-state index contributed by atoms with van der Waals surface area (Å²) in [7, 11) is 0. The maximum atomic E-state index is 4.23. The zero-order valence-electron chi connectivity index (χ0n) is 11.5. The van der Waals surface area contributed by atoms with Crippen LogP contribution in [-0.2, 0) is 6.42 Å². The number of hydrogen-bond donors (Lipinski definition) is 0. The van der Waals surface area contributed by atoms with E-state index in [1.165, 1.54) is 33.4 Å². The Morgan fingerprint density at radius 2 is 1.67 bits per heavy atom. The van der Waals surface area contributed by atoms with Gasteiger partial charge in [0.05, 0.1) is 0 Å². The van der Waals surface area contributed by atoms with Gasteiger partial charge in [-0.1, -0.05) is 60.2 Å². The van der Waals surface area contributed by atoms with Crippen molar-refractivity contribution in [2.75, 3.05) is 0 Å². The predicted molar refractivity (Wildman–Crippen MR) is 79.8 cm³/mol. The van der Waals surface area contributed by atoms with Gasteiger partial charge >= 0.3 is 0 Å². The van der Waals surface area contributed by atoms with Crippen LogP contribution in [0, 0.1) is 20.8 Å². The zero-order chi connectivity index (χ0) is 13.1. The highest BCUT2D eigenvalue weighted by Crippen LogP contribution is 2.21. The van der Waals surface area contributed by atoms with Crippen LogP contribution < -0.4 is 0 Å². The van der Waals surface area contributed by atoms with Gasteiger partial charge in [-0.3, -0.25) is 0 Å². The molecule has 0 nitrogen and oxygen atoms in total. The summed E-state index contributed by atoms with van der Waals surface area (Å²) in [5, 5.41) is 0. The monoisotopic (exact) mass is 236 g/mol. The lowest BCUT2D eigenvalue weighted by atomic mass is 9.95. The molecule has 0 fully saturated rings. The van der Waals surface area contributed by atoms with Gasteiger partial charge < -0.3 is 0 Å². The molecule has 0 bridgehead atoms. The summed E-state index contributed by atoms with van der Waals surface area (Å²) in [6, 6.07) is 15.2. The van der Waals surface area contributed by atoms with Crippen LogP contribution in [0.25, 0.3) is 5.57 Å². The molecule has 0 aliphatic carbocycles. The first-order valence-corrected chi connectivity index (χ1v) is 6.37. The summed E-state index contributed by atoms with van der Waals surface area (Å²) in [5.74, 6) is 0. The first-order chi connectivity index (χ1) is 8.56. The topological polar surface area (TPSA) is 0 Å². The molecular weight excluding hydrogens is 216 g/mol. The average Bonchev–Trinajstić information content (AvgIpc) is 2.34. The maximum Gasteiger partial charge on any atom is -0.00230 e. The summed E-state index contributed by atoms with van der Waals surface area (Å²) in [6.45, 7) is 10.7. The summed E-state index contributed by atoms with van der Waals surface area (Å²) >= 11 is 0. The smallest absolute Gasteiger partial charge is 0.00230 e. The SMILES string of the molecule is C=C(Cc1cc(C)ccc1C)c1cccc(C)c1. The van der Waals surface area contributed by atoms with Gasteiger partial charge in [-0.25, -0.2) is 0 Å². The molecular formula is C18H20. The molecule has 0 unspecified atom stereocenters. The van der Waals surface area contributed by atoms with Crippen LogP contribution in [0.15, 0.2) is 49.0 Å². The minimum Gasteiger partial charge on any atom is -0.0949 e. The van der Waals surface area contributed by atoms with E-state index in [2.05, 4.69) is 69.8 Å². The van der Waals surface area contributed by atoms with Gasteiger partial charge in [0.25, 0.3) is 0 Å². The van der Waals surface area contributed by atoms with Gasteiger partial charge in [-0.2, -0.15) is 0 Å². The molecule has 2 aromatic rings. The molecule has 92 valence electrons. The Labute approximate surface area is 110 Å². The number of rotatable bonds is 3. The van der Waals surface area contributed by atoms with Crippen molar-refractivity contribution in [2.45, 2.75) is 27.2 Å². The van der Waals surface area contributed by atoms with E-state index in [0.717, 1.165) is 6.42 Å². The molecule has 2 aromatic carbocycles. The largest absolute Gasteiger partial charge is 0.0949 e. The molecule has 0 atom stereocenters. The normalized spacial score (nSPS) is 10.4. The molecule has 0 saturated carbocycles. The molecule has 0 amide bonds. The lowest BCUT2D eigenvalue weighted by molar-refractivity contribution is 1.21. The molecule has 0 heterocycles. The van der Waals surface area contributed by atoms with Gasteiger partial charge in [-0.15, -0.1) is 0 Å². The summed E-state index contributed by atoms with van der Waals surface area (Å²) in [4.78, 5) is 0. The summed E-state index contributed by atoms with van der Waals surface area (Å²) in [6.07, 6.45) is 0.928. The Balaban J connectivity index is 2.24. The van der Waals surface area contributed by atoms with Gasteiger partial charge in [0.2, 0.25) is 0 Å². The summed E-state index contributed by atoms with van der Waals surface area (Å²) in [5.41, 5.74) is 7.75. The Bertz CT molecular complexity index is 576. The highest BCUT2D eigenvalue weighted by atomic mass is 14.1. The number of hydrogen-bond acceptors (Lipinski definition) is 0. The van der Waals surface area contributed by atoms with Crippen molar-refractivity contribution < 1.29 is 0 Å². The molecule has 2 rings (SSSR count). The van der Waals surface area contributed by atoms with Crippen LogP contribution in [-0.4, -0.2) is 0 Å². The standard InChI is InChI=1S/C18H20/c1-13-6-5-7-17(10-13)16(4)12-18-11-14(2)8-9-15(18)3/h5-11H,4,12H2,1-3H3. The maximum absolute atomic E-state index is 4.23. The van der Waals surface area contributed by atoms with Crippen LogP contribution in [0.1, 0.15) is 27.8 Å². The van der Waals surface area contributed by atoms with Gasteiger partial charge in [-0.05, 0) is 49.5 Å². The fourth-order valence-electron chi connectivity index (χ4n) is 2.19. The average molecular weight is 236 g/mol. The minimum absolute atomic E-state index is 0.928. The third kappa shape index (κ3) is 2.89. The van der Waals surface area contributed by atoms with E-state index in [4.69, 9.17) is 0 Å². The van der Waals surface area contributed by atoms with Crippen molar-refractivity contribution in [2.24, 2.45) is 0 Å². The van der Waals surface area contributed by atoms with Crippen molar-refractivity contribution in [3.63, 3.8) is 0 Å². The Kier molecular flexibility index (Phi) is 3.66. The Morgan fingerprint density at radius 1 is 0.944 bits per heavy atom. The van der Waals surface area contributed by atoms with Crippen LogP contribution in [0.5, 0.6) is 0 Å².